The number of likely N-dealkylation sites (tertiary alicyclic amines) is 1. The zero-order valence-electron chi connectivity index (χ0n) is 25.7. The van der Waals surface area contributed by atoms with Crippen molar-refractivity contribution in [2.45, 2.75) is 57.7 Å². The summed E-state index contributed by atoms with van der Waals surface area (Å²) >= 11 is 0. The third-order valence-electron chi connectivity index (χ3n) is 9.39. The summed E-state index contributed by atoms with van der Waals surface area (Å²) in [4.78, 5) is 20.9. The van der Waals surface area contributed by atoms with E-state index in [4.69, 9.17) is 9.47 Å². The molecule has 7 nitrogen and oxygen atoms in total. The molecule has 0 bridgehead atoms. The molecule has 45 heavy (non-hydrogen) atoms. The molecular weight excluding hydrogens is 590 g/mol. The summed E-state index contributed by atoms with van der Waals surface area (Å²) in [6, 6.07) is 6.82. The Kier molecular flexibility index (Phi) is 10.9. The van der Waals surface area contributed by atoms with Crippen molar-refractivity contribution in [2.75, 3.05) is 53.0 Å². The van der Waals surface area contributed by atoms with Gasteiger partial charge in [-0.25, -0.2) is 17.6 Å². The van der Waals surface area contributed by atoms with Gasteiger partial charge in [-0.3, -0.25) is 14.7 Å². The zero-order chi connectivity index (χ0) is 32.0. The van der Waals surface area contributed by atoms with Crippen LogP contribution in [-0.2, 0) is 22.5 Å². The largest absolute Gasteiger partial charge is 0.497 e. The van der Waals surface area contributed by atoms with E-state index >= 15 is 4.39 Å². The van der Waals surface area contributed by atoms with Crippen molar-refractivity contribution in [2.24, 2.45) is 5.41 Å². The van der Waals surface area contributed by atoms with Crippen LogP contribution in [0.1, 0.15) is 61.4 Å². The van der Waals surface area contributed by atoms with Gasteiger partial charge in [-0.2, -0.15) is 0 Å². The molecule has 0 aliphatic carbocycles. The number of piperidine rings is 1. The highest BCUT2D eigenvalue weighted by Crippen LogP contribution is 2.43. The van der Waals surface area contributed by atoms with Crippen molar-refractivity contribution < 1.29 is 36.9 Å². The molecule has 0 spiro atoms. The van der Waals surface area contributed by atoms with E-state index in [1.165, 1.54) is 0 Å². The molecular formula is C34H41F4N3O4. The molecule has 2 aliphatic rings. The molecule has 11 heteroatoms. The minimum absolute atomic E-state index is 0.0505. The number of rotatable bonds is 13. The molecule has 1 aromatic heterocycles. The molecule has 1 atom stereocenters. The van der Waals surface area contributed by atoms with Gasteiger partial charge in [0.2, 0.25) is 0 Å². The van der Waals surface area contributed by atoms with Crippen molar-refractivity contribution >= 4 is 16.9 Å². The molecule has 2 fully saturated rings. The molecule has 2 saturated heterocycles. The SMILES string of the molecule is COc1ccc2ncc(CN3CCOCC3)c([C@H](F)CCC3(CC(=O)O)CCN(CCCc4c(F)cc(F)cc4F)CC3)c2c1. The average molecular weight is 632 g/mol. The van der Waals surface area contributed by atoms with E-state index in [9.17, 15) is 23.1 Å². The van der Waals surface area contributed by atoms with Gasteiger partial charge in [0.1, 0.15) is 29.4 Å². The smallest absolute Gasteiger partial charge is 0.303 e. The highest BCUT2D eigenvalue weighted by atomic mass is 19.1. The summed E-state index contributed by atoms with van der Waals surface area (Å²) < 4.78 is 68.8. The summed E-state index contributed by atoms with van der Waals surface area (Å²) in [5.41, 5.74) is 1.37. The number of benzene rings is 2. The fourth-order valence-electron chi connectivity index (χ4n) is 6.81. The average Bonchev–Trinajstić information content (AvgIpc) is 3.02. The van der Waals surface area contributed by atoms with E-state index in [1.54, 1.807) is 19.4 Å². The van der Waals surface area contributed by atoms with Crippen LogP contribution in [0, 0.1) is 22.9 Å². The number of halogens is 4. The van der Waals surface area contributed by atoms with Crippen molar-refractivity contribution in [3.63, 3.8) is 0 Å². The summed E-state index contributed by atoms with van der Waals surface area (Å²) in [5.74, 6) is -3.02. The third kappa shape index (κ3) is 8.31. The highest BCUT2D eigenvalue weighted by Gasteiger charge is 2.37. The molecule has 3 aromatic rings. The second-order valence-corrected chi connectivity index (χ2v) is 12.3. The molecule has 0 amide bonds. The Morgan fingerprint density at radius 3 is 2.44 bits per heavy atom. The third-order valence-corrected chi connectivity index (χ3v) is 9.39. The number of alkyl halides is 1. The topological polar surface area (TPSA) is 75.1 Å². The Hall–Kier alpha value is -3.28. The molecule has 5 rings (SSSR count). The van der Waals surface area contributed by atoms with Crippen molar-refractivity contribution in [3.8, 4) is 5.75 Å². The normalized spacial score (nSPS) is 18.2. The Morgan fingerprint density at radius 1 is 1.07 bits per heavy atom. The monoisotopic (exact) mass is 631 g/mol. The van der Waals surface area contributed by atoms with Crippen LogP contribution < -0.4 is 4.74 Å². The van der Waals surface area contributed by atoms with Crippen LogP contribution >= 0.6 is 0 Å². The van der Waals surface area contributed by atoms with E-state index < -0.39 is 35.0 Å². The number of carboxylic acids is 1. The van der Waals surface area contributed by atoms with Crippen LogP contribution in [0.25, 0.3) is 10.9 Å². The number of pyridine rings is 1. The predicted octanol–water partition coefficient (Wildman–Crippen LogP) is 6.47. The minimum atomic E-state index is -1.33. The lowest BCUT2D eigenvalue weighted by Crippen LogP contribution is -2.41. The summed E-state index contributed by atoms with van der Waals surface area (Å²) in [6.07, 6.45) is 2.72. The number of nitrogens with zero attached hydrogens (tertiary/aromatic N) is 3. The maximum Gasteiger partial charge on any atom is 0.303 e. The van der Waals surface area contributed by atoms with Gasteiger partial charge in [0, 0.05) is 54.5 Å². The number of hydrogen-bond acceptors (Lipinski definition) is 6. The Bertz CT molecular complexity index is 1450. The first kappa shape index (κ1) is 33.1. The summed E-state index contributed by atoms with van der Waals surface area (Å²) in [5, 5.41) is 10.5. The van der Waals surface area contributed by atoms with Gasteiger partial charge in [0.15, 0.2) is 0 Å². The number of methoxy groups -OCH3 is 1. The highest BCUT2D eigenvalue weighted by molar-refractivity contribution is 5.85. The van der Waals surface area contributed by atoms with Gasteiger partial charge in [-0.1, -0.05) is 0 Å². The maximum absolute atomic E-state index is 16.5. The van der Waals surface area contributed by atoms with Crippen LogP contribution in [0.5, 0.6) is 5.75 Å². The van der Waals surface area contributed by atoms with Crippen LogP contribution in [0.15, 0.2) is 36.5 Å². The quantitative estimate of drug-likeness (QED) is 0.217. The van der Waals surface area contributed by atoms with Crippen LogP contribution in [0.3, 0.4) is 0 Å². The van der Waals surface area contributed by atoms with Gasteiger partial charge in [0.25, 0.3) is 0 Å². The van der Waals surface area contributed by atoms with Crippen LogP contribution in [0.2, 0.25) is 0 Å². The summed E-state index contributed by atoms with van der Waals surface area (Å²) in [7, 11) is 1.57. The molecule has 2 aromatic carbocycles. The molecule has 0 radical (unpaired) electrons. The lowest BCUT2D eigenvalue weighted by molar-refractivity contribution is -0.141. The zero-order valence-corrected chi connectivity index (χ0v) is 25.7. The fraction of sp³-hybridized carbons (Fsp3) is 0.529. The van der Waals surface area contributed by atoms with E-state index in [2.05, 4.69) is 14.8 Å². The van der Waals surface area contributed by atoms with Gasteiger partial charge in [-0.05, 0) is 87.3 Å². The van der Waals surface area contributed by atoms with E-state index in [0.29, 0.717) is 99.4 Å². The number of carboxylic acid groups (broad SMARTS) is 1. The molecule has 0 unspecified atom stereocenters. The first-order chi connectivity index (χ1) is 21.7. The minimum Gasteiger partial charge on any atom is -0.497 e. The lowest BCUT2D eigenvalue weighted by atomic mass is 9.71. The number of ether oxygens (including phenoxy) is 2. The molecule has 1 N–H and O–H groups in total. The maximum atomic E-state index is 16.5. The van der Waals surface area contributed by atoms with Gasteiger partial charge in [-0.15, -0.1) is 0 Å². The van der Waals surface area contributed by atoms with Gasteiger partial charge >= 0.3 is 5.97 Å². The fourth-order valence-corrected chi connectivity index (χ4v) is 6.81. The second-order valence-electron chi connectivity index (χ2n) is 12.3. The number of aliphatic carboxylic acids is 1. The molecule has 2 aliphatic heterocycles. The molecule has 0 saturated carbocycles. The lowest BCUT2D eigenvalue weighted by Gasteiger charge is -2.41. The standard InChI is InChI=1S/C34H41F4N3O4/c1-44-25-4-5-31-27(19-25)33(23(21-39-31)22-41-13-15-45-16-14-41)28(36)6-7-34(20-32(42)43)8-11-40(12-9-34)10-2-3-26-29(37)17-24(35)18-30(26)38/h4-5,17-19,21,28H,2-3,6-16,20,22H2,1H3,(H,42,43)/t28-/m1/s1. The van der Waals surface area contributed by atoms with E-state index in [1.807, 2.05) is 12.1 Å². The number of aromatic nitrogens is 1. The Morgan fingerprint density at radius 2 is 1.78 bits per heavy atom. The number of hydrogen-bond donors (Lipinski definition) is 1. The van der Waals surface area contributed by atoms with E-state index in [-0.39, 0.29) is 24.8 Å². The first-order valence-corrected chi connectivity index (χ1v) is 15.6. The van der Waals surface area contributed by atoms with Crippen molar-refractivity contribution in [1.29, 1.82) is 0 Å². The van der Waals surface area contributed by atoms with Crippen molar-refractivity contribution in [1.82, 2.24) is 14.8 Å². The Balaban J connectivity index is 1.27. The first-order valence-electron chi connectivity index (χ1n) is 15.6. The predicted molar refractivity (Wildman–Crippen MR) is 162 cm³/mol. The number of fused-ring (bicyclic) bond motifs is 1. The Labute approximate surface area is 261 Å². The van der Waals surface area contributed by atoms with Crippen molar-refractivity contribution in [3.05, 3.63) is 70.7 Å². The van der Waals surface area contributed by atoms with Gasteiger partial charge < -0.3 is 19.5 Å². The number of morpholine rings is 1. The second kappa shape index (κ2) is 14.9. The van der Waals surface area contributed by atoms with Gasteiger partial charge in [0.05, 0.1) is 32.3 Å². The molecule has 244 valence electrons. The summed E-state index contributed by atoms with van der Waals surface area (Å²) in [6.45, 7) is 5.07. The van der Waals surface area contributed by atoms with E-state index in [0.717, 1.165) is 18.7 Å². The molecule has 3 heterocycles. The van der Waals surface area contributed by atoms with Crippen LogP contribution in [0.4, 0.5) is 17.6 Å². The number of carbonyl (C=O) groups is 1. The van der Waals surface area contributed by atoms with Crippen LogP contribution in [-0.4, -0.2) is 78.9 Å².